The molecular weight excluding hydrogens is 164 g/mol. The van der Waals surface area contributed by atoms with Crippen molar-refractivity contribution in [3.05, 3.63) is 0 Å². The van der Waals surface area contributed by atoms with Crippen LogP contribution in [0.5, 0.6) is 0 Å². The van der Waals surface area contributed by atoms with E-state index in [0.717, 1.165) is 19.3 Å². The molecule has 0 radical (unpaired) electrons. The van der Waals surface area contributed by atoms with Gasteiger partial charge in [0.2, 0.25) is 0 Å². The van der Waals surface area contributed by atoms with Gasteiger partial charge in [-0.15, -0.1) is 0 Å². The van der Waals surface area contributed by atoms with Crippen LogP contribution in [-0.2, 0) is 4.79 Å². The lowest BCUT2D eigenvalue weighted by atomic mass is 10.0. The summed E-state index contributed by atoms with van der Waals surface area (Å²) < 4.78 is 0. The topological polar surface area (TPSA) is 40.1 Å². The summed E-state index contributed by atoms with van der Waals surface area (Å²) in [6, 6.07) is 0. The normalized spacial score (nSPS) is 12.8. The molecule has 0 fully saturated rings. The van der Waals surface area contributed by atoms with Crippen LogP contribution in [0.3, 0.4) is 0 Å². The van der Waals surface area contributed by atoms with Crippen LogP contribution in [0.15, 0.2) is 0 Å². The van der Waals surface area contributed by atoms with Crippen LogP contribution in [-0.4, -0.2) is 5.97 Å². The van der Waals surface area contributed by atoms with Crippen LogP contribution in [0.2, 0.25) is 0 Å². The minimum Gasteiger partial charge on any atom is -0.550 e. The first-order chi connectivity index (χ1) is 6.18. The average molecular weight is 185 g/mol. The molecule has 1 atom stereocenters. The van der Waals surface area contributed by atoms with E-state index in [0.29, 0.717) is 0 Å². The zero-order valence-corrected chi connectivity index (χ0v) is 8.84. The van der Waals surface area contributed by atoms with Crippen molar-refractivity contribution in [2.24, 2.45) is 5.92 Å². The van der Waals surface area contributed by atoms with Gasteiger partial charge >= 0.3 is 0 Å². The molecule has 0 saturated heterocycles. The Kier molecular flexibility index (Phi) is 7.76. The van der Waals surface area contributed by atoms with Gasteiger partial charge in [0.05, 0.1) is 0 Å². The number of hydrogen-bond donors (Lipinski definition) is 0. The lowest BCUT2D eigenvalue weighted by Crippen LogP contribution is -2.29. The van der Waals surface area contributed by atoms with Gasteiger partial charge in [-0.05, 0) is 12.3 Å². The van der Waals surface area contributed by atoms with Crippen molar-refractivity contribution >= 4 is 5.97 Å². The molecule has 0 aliphatic heterocycles. The molecule has 13 heavy (non-hydrogen) atoms. The molecule has 78 valence electrons. The largest absolute Gasteiger partial charge is 0.550 e. The van der Waals surface area contributed by atoms with E-state index in [1.165, 1.54) is 25.7 Å². The third kappa shape index (κ3) is 7.82. The van der Waals surface area contributed by atoms with Gasteiger partial charge in [-0.2, -0.15) is 0 Å². The van der Waals surface area contributed by atoms with Crippen molar-refractivity contribution < 1.29 is 9.90 Å². The fourth-order valence-corrected chi connectivity index (χ4v) is 1.35. The highest BCUT2D eigenvalue weighted by Crippen LogP contribution is 2.11. The zero-order chi connectivity index (χ0) is 10.1. The molecule has 0 aromatic rings. The van der Waals surface area contributed by atoms with Crippen molar-refractivity contribution in [2.45, 2.75) is 58.8 Å². The van der Waals surface area contributed by atoms with Gasteiger partial charge in [0.25, 0.3) is 0 Å². The van der Waals surface area contributed by atoms with Gasteiger partial charge in [0.1, 0.15) is 0 Å². The van der Waals surface area contributed by atoms with Gasteiger partial charge in [0.15, 0.2) is 0 Å². The number of unbranched alkanes of at least 4 members (excludes halogenated alkanes) is 5. The maximum Gasteiger partial charge on any atom is 0.0442 e. The molecule has 0 rings (SSSR count). The third-order valence-electron chi connectivity index (χ3n) is 2.39. The first kappa shape index (κ1) is 12.5. The van der Waals surface area contributed by atoms with Crippen molar-refractivity contribution in [3.8, 4) is 0 Å². The monoisotopic (exact) mass is 185 g/mol. The van der Waals surface area contributed by atoms with Gasteiger partial charge in [0, 0.05) is 5.97 Å². The Morgan fingerprint density at radius 2 is 1.69 bits per heavy atom. The molecular formula is C11H21O2-. The molecule has 0 N–H and O–H groups in total. The Morgan fingerprint density at radius 3 is 2.23 bits per heavy atom. The molecule has 2 heteroatoms. The van der Waals surface area contributed by atoms with Crippen LogP contribution in [0.4, 0.5) is 0 Å². The van der Waals surface area contributed by atoms with E-state index in [-0.39, 0.29) is 5.92 Å². The van der Waals surface area contributed by atoms with E-state index in [2.05, 4.69) is 6.92 Å². The number of carbonyl (C=O) groups is 1. The molecule has 1 unspecified atom stereocenters. The molecule has 0 aliphatic carbocycles. The van der Waals surface area contributed by atoms with Crippen LogP contribution < -0.4 is 5.11 Å². The molecule has 0 aromatic carbocycles. The van der Waals surface area contributed by atoms with Gasteiger partial charge in [-0.1, -0.05) is 52.4 Å². The molecule has 0 saturated carbocycles. The summed E-state index contributed by atoms with van der Waals surface area (Å²) in [6.07, 6.45) is 8.06. The molecule has 0 heterocycles. The van der Waals surface area contributed by atoms with Crippen molar-refractivity contribution in [3.63, 3.8) is 0 Å². The Hall–Kier alpha value is -0.530. The maximum atomic E-state index is 10.4. The van der Waals surface area contributed by atoms with E-state index in [9.17, 15) is 9.90 Å². The number of aliphatic carboxylic acids is 1. The fraction of sp³-hybridized carbons (Fsp3) is 0.909. The van der Waals surface area contributed by atoms with E-state index >= 15 is 0 Å². The molecule has 2 nitrogen and oxygen atoms in total. The minimum absolute atomic E-state index is 0.272. The number of carboxylic acid groups (broad SMARTS) is 1. The first-order valence-corrected chi connectivity index (χ1v) is 5.39. The number of rotatable bonds is 8. The molecule has 0 bridgehead atoms. The minimum atomic E-state index is -0.909. The van der Waals surface area contributed by atoms with Crippen LogP contribution in [0.1, 0.15) is 58.8 Å². The number of carboxylic acids is 1. The molecule has 0 spiro atoms. The summed E-state index contributed by atoms with van der Waals surface area (Å²) in [5.74, 6) is -1.18. The average Bonchev–Trinajstić information content (AvgIpc) is 2.10. The summed E-state index contributed by atoms with van der Waals surface area (Å²) in [5, 5.41) is 10.4. The second kappa shape index (κ2) is 8.09. The maximum absolute atomic E-state index is 10.4. The van der Waals surface area contributed by atoms with E-state index in [4.69, 9.17) is 0 Å². The Morgan fingerprint density at radius 1 is 1.15 bits per heavy atom. The summed E-state index contributed by atoms with van der Waals surface area (Å²) >= 11 is 0. The molecule has 0 aromatic heterocycles. The Balaban J connectivity index is 3.11. The Labute approximate surface area is 81.3 Å². The van der Waals surface area contributed by atoms with Crippen molar-refractivity contribution in [1.29, 1.82) is 0 Å². The van der Waals surface area contributed by atoms with Crippen LogP contribution >= 0.6 is 0 Å². The lowest BCUT2D eigenvalue weighted by Gasteiger charge is -2.11. The highest BCUT2D eigenvalue weighted by molar-refractivity contribution is 5.66. The van der Waals surface area contributed by atoms with E-state index in [1.807, 2.05) is 0 Å². The number of carbonyl (C=O) groups excluding carboxylic acids is 1. The third-order valence-corrected chi connectivity index (χ3v) is 2.39. The van der Waals surface area contributed by atoms with Crippen LogP contribution in [0.25, 0.3) is 0 Å². The highest BCUT2D eigenvalue weighted by atomic mass is 16.4. The predicted octanol–water partition coefficient (Wildman–Crippen LogP) is 2.12. The summed E-state index contributed by atoms with van der Waals surface area (Å²) in [5.41, 5.74) is 0. The lowest BCUT2D eigenvalue weighted by molar-refractivity contribution is -0.311. The van der Waals surface area contributed by atoms with Crippen molar-refractivity contribution in [2.75, 3.05) is 0 Å². The van der Waals surface area contributed by atoms with Crippen LogP contribution in [0, 0.1) is 5.92 Å². The van der Waals surface area contributed by atoms with E-state index < -0.39 is 5.97 Å². The van der Waals surface area contributed by atoms with Gasteiger partial charge in [-0.3, -0.25) is 0 Å². The molecule has 0 aliphatic rings. The van der Waals surface area contributed by atoms with Gasteiger partial charge < -0.3 is 9.90 Å². The summed E-state index contributed by atoms with van der Waals surface area (Å²) in [6.45, 7) is 3.92. The summed E-state index contributed by atoms with van der Waals surface area (Å²) in [4.78, 5) is 10.4. The summed E-state index contributed by atoms with van der Waals surface area (Å²) in [7, 11) is 0. The highest BCUT2D eigenvalue weighted by Gasteiger charge is 2.01. The molecule has 0 amide bonds. The first-order valence-electron chi connectivity index (χ1n) is 5.39. The van der Waals surface area contributed by atoms with Crippen molar-refractivity contribution in [1.82, 2.24) is 0 Å². The standard InChI is InChI=1S/C11H22O2/c1-3-4-5-6-7-8-9-10(2)11(12)13/h10H,3-9H2,1-2H3,(H,12,13)/p-1. The fourth-order valence-electron chi connectivity index (χ4n) is 1.35. The Bertz CT molecular complexity index is 132. The predicted molar refractivity (Wildman–Crippen MR) is 52.2 cm³/mol. The SMILES string of the molecule is CCCCCCCCC(C)C(=O)[O-]. The second-order valence-electron chi connectivity index (χ2n) is 3.78. The van der Waals surface area contributed by atoms with Gasteiger partial charge in [-0.25, -0.2) is 0 Å². The zero-order valence-electron chi connectivity index (χ0n) is 8.84. The van der Waals surface area contributed by atoms with E-state index in [1.54, 1.807) is 6.92 Å². The number of hydrogen-bond acceptors (Lipinski definition) is 2. The smallest absolute Gasteiger partial charge is 0.0442 e. The quantitative estimate of drug-likeness (QED) is 0.543. The second-order valence-corrected chi connectivity index (χ2v) is 3.78.